The maximum absolute atomic E-state index is 13.9. The van der Waals surface area contributed by atoms with Crippen molar-refractivity contribution in [1.82, 2.24) is 61.8 Å². The molecule has 10 atom stereocenters. The number of aliphatic hydroxyl groups excluding tert-OH is 3. The van der Waals surface area contributed by atoms with E-state index in [1.54, 1.807) is 10.8 Å². The zero-order chi connectivity index (χ0) is 58.5. The predicted molar refractivity (Wildman–Crippen MR) is 289 cm³/mol. The van der Waals surface area contributed by atoms with E-state index in [4.69, 9.17) is 33.4 Å². The fourth-order valence-electron chi connectivity index (χ4n) is 7.45. The smallest absolute Gasteiger partial charge is 0.635 e. The van der Waals surface area contributed by atoms with E-state index in [0.717, 1.165) is 13.0 Å². The van der Waals surface area contributed by atoms with Gasteiger partial charge in [-0.15, -0.1) is 22.7 Å². The van der Waals surface area contributed by atoms with Crippen LogP contribution in [0.15, 0.2) is 53.6 Å². The van der Waals surface area contributed by atoms with E-state index in [1.807, 2.05) is 18.2 Å². The average Bonchev–Trinajstić information content (AvgIpc) is 4.25. The largest absolute Gasteiger partial charge is 3.00 e. The van der Waals surface area contributed by atoms with E-state index in [-0.39, 0.29) is 76.8 Å². The molecular formula is C48H68CoN17O12S2+2. The fourth-order valence-corrected chi connectivity index (χ4v) is 9.07. The number of carbonyl (C=O) groups excluding carboxylic acids is 7. The number of carbonyl (C=O) groups is 7. The molecule has 80 heavy (non-hydrogen) atoms. The van der Waals surface area contributed by atoms with Crippen LogP contribution in [0.25, 0.3) is 16.0 Å². The van der Waals surface area contributed by atoms with Gasteiger partial charge in [-0.1, -0.05) is 37.3 Å². The summed E-state index contributed by atoms with van der Waals surface area (Å²) in [6.45, 7) is 8.43. The second-order valence-corrected chi connectivity index (χ2v) is 19.9. The fraction of sp³-hybridized carbons (Fsp3) is 0.458. The number of nitrogen functional groups attached to an aromatic ring is 1. The van der Waals surface area contributed by atoms with Gasteiger partial charge in [-0.3, -0.25) is 39.3 Å². The predicted octanol–water partition coefficient (Wildman–Crippen LogP) is -1.18. The molecular weight excluding hydrogens is 1130 g/mol. The number of nitrogens with one attached hydrogen (secondary N) is 7. The topological polar surface area (TPSA) is 491 Å². The van der Waals surface area contributed by atoms with E-state index < -0.39 is 102 Å². The molecule has 4 aromatic heterocycles. The Kier molecular flexibility index (Phi) is 27.7. The molecule has 0 aliphatic carbocycles. The molecule has 0 aliphatic rings. The Labute approximate surface area is 477 Å². The minimum Gasteiger partial charge on any atom is -0.635 e. The number of nitrogens with two attached hydrogens (primary N) is 4. The first kappa shape index (κ1) is 67.3. The van der Waals surface area contributed by atoms with Crippen molar-refractivity contribution in [2.45, 2.75) is 108 Å². The number of nitrogens with zero attached hydrogens (tertiary/aromatic N) is 6. The average molecular weight is 1200 g/mol. The molecule has 0 unspecified atom stereocenters. The number of rotatable bonds is 30. The standard InChI is InChI=1S/C48H67N17O10S2.Co.H2O2/c1-22-35(62-42(65-40(22)51)29(16-33(50)67)57-17-28(49)41(52)70)46(74)64-37(39(69)30-18-53-21-58-30)47(75)59-25(4)38(68)23(2)43(71)63-36(26(5)66)45(73)56-15-12-34-60-32(20-76-34)48-61-31(19-77-48)44(72)55-14-9-13-54-24(3)27-10-7-6-8-11-27;;1-2/h6-8,10-11,18-21,23-26,28-29,36-39,54,57,66,68-69H,9,12-17,49H2,1-5H3,(H12,50,51,52,53,55,56,58,59,62,63,64,65,67,70,71,72,73,74,75);;1-2H/q;+3;/p-1/t23-,24-,25+,26+,28-,29-,36-,37-,38-,39-;;/m0../s1. The van der Waals surface area contributed by atoms with Gasteiger partial charge in [0.05, 0.1) is 71.3 Å². The van der Waals surface area contributed by atoms with Crippen LogP contribution in [-0.2, 0) is 47.2 Å². The van der Waals surface area contributed by atoms with Crippen LogP contribution in [0.3, 0.4) is 0 Å². The van der Waals surface area contributed by atoms with Crippen molar-refractivity contribution >= 4 is 69.8 Å². The van der Waals surface area contributed by atoms with Crippen molar-refractivity contribution in [2.24, 2.45) is 23.1 Å². The molecule has 5 rings (SSSR count). The molecule has 7 amide bonds. The van der Waals surface area contributed by atoms with Gasteiger partial charge in [0.1, 0.15) is 40.0 Å². The summed E-state index contributed by atoms with van der Waals surface area (Å²) in [4.78, 5) is 115. The minimum absolute atomic E-state index is 0. The number of benzene rings is 1. The molecule has 0 radical (unpaired) electrons. The second kappa shape index (κ2) is 33.0. The Balaban J connectivity index is 0.00000554. The molecule has 5 aromatic rings. The number of primary amides is 2. The molecule has 20 N–H and O–H groups in total. The van der Waals surface area contributed by atoms with Crippen molar-refractivity contribution in [3.8, 4) is 10.7 Å². The first-order valence-electron chi connectivity index (χ1n) is 24.6. The molecule has 32 heteroatoms. The molecule has 0 saturated carbocycles. The number of aromatic amines is 1. The number of hydrogen-bond donors (Lipinski definition) is 16. The van der Waals surface area contributed by atoms with Gasteiger partial charge in [0, 0.05) is 54.8 Å². The van der Waals surface area contributed by atoms with E-state index in [0.29, 0.717) is 22.3 Å². The van der Waals surface area contributed by atoms with Crippen molar-refractivity contribution in [2.75, 3.05) is 31.9 Å². The van der Waals surface area contributed by atoms with Crippen LogP contribution < -0.4 is 54.8 Å². The van der Waals surface area contributed by atoms with Gasteiger partial charge < -0.3 is 85.3 Å². The number of H-pyrrole nitrogens is 1. The Morgan fingerprint density at radius 2 is 1.52 bits per heavy atom. The Morgan fingerprint density at radius 1 is 0.825 bits per heavy atom. The zero-order valence-electron chi connectivity index (χ0n) is 44.2. The van der Waals surface area contributed by atoms with E-state index >= 15 is 0 Å². The van der Waals surface area contributed by atoms with Gasteiger partial charge in [-0.05, 0) is 52.3 Å². The summed E-state index contributed by atoms with van der Waals surface area (Å²) >= 11 is 2.59. The third kappa shape index (κ3) is 19.7. The Morgan fingerprint density at radius 3 is 2.16 bits per heavy atom. The molecule has 1 aromatic carbocycles. The zero-order valence-corrected chi connectivity index (χ0v) is 46.8. The summed E-state index contributed by atoms with van der Waals surface area (Å²) in [5, 5.41) is 70.5. The summed E-state index contributed by atoms with van der Waals surface area (Å²) in [6, 6.07) is 3.29. The van der Waals surface area contributed by atoms with Crippen molar-refractivity contribution in [3.05, 3.63) is 98.0 Å². The van der Waals surface area contributed by atoms with Crippen molar-refractivity contribution < 1.29 is 76.2 Å². The van der Waals surface area contributed by atoms with Crippen LogP contribution in [0.5, 0.6) is 0 Å². The molecule has 0 saturated heterocycles. The molecule has 0 aliphatic heterocycles. The van der Waals surface area contributed by atoms with Crippen LogP contribution in [-0.4, -0.2) is 160 Å². The SMILES string of the molecule is Cc1c(N)nc([C@H](CC(N)=O)NC[C@H](N)C(N)=O)nc1C(=O)[N-][C@H](C(=O)N[C@H](C)[C@@H](O)[C@H](C)C(=O)N[C@H](C(=O)NCCc1nc(-c2nc(C(=O)NCCCN[C@@H](C)c3ccccc3)cs2)cs1)[C@@H](C)O)[C@@H](O)c1cnc[nH]1.OO.[Co+3]. The summed E-state index contributed by atoms with van der Waals surface area (Å²) in [5.74, 6) is -7.59. The molecule has 0 spiro atoms. The first-order chi connectivity index (χ1) is 37.6. The van der Waals surface area contributed by atoms with Crippen LogP contribution in [0.4, 0.5) is 5.82 Å². The first-order valence-corrected chi connectivity index (χ1v) is 26.4. The molecule has 0 bridgehead atoms. The Bertz CT molecular complexity index is 2810. The van der Waals surface area contributed by atoms with Gasteiger partial charge in [-0.25, -0.2) is 24.9 Å². The van der Waals surface area contributed by atoms with Gasteiger partial charge in [0.15, 0.2) is 0 Å². The molecule has 4 heterocycles. The number of aromatic nitrogens is 6. The summed E-state index contributed by atoms with van der Waals surface area (Å²) in [5.41, 5.74) is 24.1. The normalized spacial score (nSPS) is 14.8. The van der Waals surface area contributed by atoms with Crippen LogP contribution in [0.2, 0.25) is 0 Å². The van der Waals surface area contributed by atoms with E-state index in [1.165, 1.54) is 68.5 Å². The number of aliphatic hydroxyl groups is 3. The number of amides is 7. The molecule has 436 valence electrons. The van der Waals surface area contributed by atoms with Crippen LogP contribution >= 0.6 is 22.7 Å². The number of hydrogen-bond acceptors (Lipinski definition) is 23. The van der Waals surface area contributed by atoms with Gasteiger partial charge in [-0.2, -0.15) is 0 Å². The Hall–Kier alpha value is -6.95. The maximum Gasteiger partial charge on any atom is 3.00 e. The number of imidazole rings is 1. The van der Waals surface area contributed by atoms with Gasteiger partial charge in [0.2, 0.25) is 29.5 Å². The number of thiazole rings is 2. The summed E-state index contributed by atoms with van der Waals surface area (Å²) < 4.78 is 0. The molecule has 0 fully saturated rings. The third-order valence-electron chi connectivity index (χ3n) is 12.1. The van der Waals surface area contributed by atoms with Crippen molar-refractivity contribution in [3.63, 3.8) is 0 Å². The van der Waals surface area contributed by atoms with Crippen LogP contribution in [0.1, 0.15) is 107 Å². The third-order valence-corrected chi connectivity index (χ3v) is 13.9. The minimum atomic E-state index is -1.94. The van der Waals surface area contributed by atoms with E-state index in [9.17, 15) is 48.9 Å². The molecule has 29 nitrogen and oxygen atoms in total. The monoisotopic (exact) mass is 1200 g/mol. The van der Waals surface area contributed by atoms with Gasteiger partial charge >= 0.3 is 16.8 Å². The van der Waals surface area contributed by atoms with E-state index in [2.05, 4.69) is 86.2 Å². The van der Waals surface area contributed by atoms with Crippen LogP contribution in [0, 0.1) is 12.8 Å². The van der Waals surface area contributed by atoms with Crippen molar-refractivity contribution in [1.29, 1.82) is 0 Å². The second-order valence-electron chi connectivity index (χ2n) is 18.1. The summed E-state index contributed by atoms with van der Waals surface area (Å²) in [6.07, 6.45) is -1.91. The van der Waals surface area contributed by atoms with Gasteiger partial charge in [0.25, 0.3) is 5.91 Å². The summed E-state index contributed by atoms with van der Waals surface area (Å²) in [7, 11) is 0. The number of anilines is 1. The quantitative estimate of drug-likeness (QED) is 0.0146. The maximum atomic E-state index is 13.9.